The lowest BCUT2D eigenvalue weighted by atomic mass is 10.1. The van der Waals surface area contributed by atoms with Gasteiger partial charge in [-0.25, -0.2) is 4.79 Å². The highest BCUT2D eigenvalue weighted by Crippen LogP contribution is 2.31. The number of hydrogen-bond acceptors (Lipinski definition) is 1. The van der Waals surface area contributed by atoms with Gasteiger partial charge in [-0.15, -0.1) is 0 Å². The minimum atomic E-state index is -1.13. The van der Waals surface area contributed by atoms with E-state index < -0.39 is 5.97 Å². The lowest BCUT2D eigenvalue weighted by Crippen LogP contribution is -1.99. The maximum Gasteiger partial charge on any atom is 0.338 e. The zero-order valence-corrected chi connectivity index (χ0v) is 10.5. The summed E-state index contributed by atoms with van der Waals surface area (Å²) in [6.07, 6.45) is 1.89. The number of carboxylic acids is 1. The van der Waals surface area contributed by atoms with Crippen LogP contribution in [0.1, 0.15) is 10.4 Å². The second-order valence-electron chi connectivity index (χ2n) is 3.62. The molecule has 0 bridgehead atoms. The summed E-state index contributed by atoms with van der Waals surface area (Å²) in [7, 11) is 1.89. The third-order valence-electron chi connectivity index (χ3n) is 2.50. The molecule has 2 aromatic rings. The predicted octanol–water partition coefficient (Wildman–Crippen LogP) is 3.70. The van der Waals surface area contributed by atoms with Crippen LogP contribution in [0.5, 0.6) is 0 Å². The molecule has 0 aliphatic carbocycles. The van der Waals surface area contributed by atoms with Crippen LogP contribution in [0.3, 0.4) is 0 Å². The molecule has 1 N–H and O–H groups in total. The summed E-state index contributed by atoms with van der Waals surface area (Å²) in [5, 5.41) is 9.23. The van der Waals surface area contributed by atoms with E-state index in [0.29, 0.717) is 0 Å². The number of nitrogens with zero attached hydrogens (tertiary/aromatic N) is 1. The molecule has 0 radical (unpaired) electrons. The SMILES string of the molecule is Cn1cccc1-c1cc(Cl)c(C(=O)O)c(Cl)c1. The molecule has 88 valence electrons. The zero-order chi connectivity index (χ0) is 12.6. The quantitative estimate of drug-likeness (QED) is 0.904. The van der Waals surface area contributed by atoms with E-state index in [0.717, 1.165) is 11.3 Å². The average Bonchev–Trinajstić information content (AvgIpc) is 2.62. The van der Waals surface area contributed by atoms with Crippen molar-refractivity contribution < 1.29 is 9.90 Å². The molecule has 0 fully saturated rings. The third-order valence-corrected chi connectivity index (χ3v) is 3.09. The van der Waals surface area contributed by atoms with E-state index in [1.165, 1.54) is 0 Å². The van der Waals surface area contributed by atoms with E-state index in [9.17, 15) is 4.79 Å². The highest BCUT2D eigenvalue weighted by Gasteiger charge is 2.16. The molecule has 17 heavy (non-hydrogen) atoms. The molecule has 0 atom stereocenters. The van der Waals surface area contributed by atoms with Crippen LogP contribution in [0.2, 0.25) is 10.0 Å². The van der Waals surface area contributed by atoms with Crippen LogP contribution in [0, 0.1) is 0 Å². The lowest BCUT2D eigenvalue weighted by Gasteiger charge is -2.08. The van der Waals surface area contributed by atoms with E-state index in [1.54, 1.807) is 12.1 Å². The van der Waals surface area contributed by atoms with Crippen molar-refractivity contribution >= 4 is 29.2 Å². The van der Waals surface area contributed by atoms with Crippen molar-refractivity contribution in [1.82, 2.24) is 4.57 Å². The van der Waals surface area contributed by atoms with E-state index >= 15 is 0 Å². The Morgan fingerprint density at radius 2 is 1.88 bits per heavy atom. The fourth-order valence-electron chi connectivity index (χ4n) is 1.69. The number of carboxylic acid groups (broad SMARTS) is 1. The second-order valence-corrected chi connectivity index (χ2v) is 4.44. The maximum absolute atomic E-state index is 10.9. The van der Waals surface area contributed by atoms with Gasteiger partial charge in [-0.3, -0.25) is 0 Å². The Morgan fingerprint density at radius 3 is 2.29 bits per heavy atom. The predicted molar refractivity (Wildman–Crippen MR) is 67.8 cm³/mol. The molecule has 3 nitrogen and oxygen atoms in total. The molecule has 0 unspecified atom stereocenters. The van der Waals surface area contributed by atoms with E-state index in [-0.39, 0.29) is 15.6 Å². The van der Waals surface area contributed by atoms with Gasteiger partial charge < -0.3 is 9.67 Å². The normalized spacial score (nSPS) is 10.5. The summed E-state index contributed by atoms with van der Waals surface area (Å²) in [5.41, 5.74) is 1.65. The van der Waals surface area contributed by atoms with E-state index in [2.05, 4.69) is 0 Å². The highest BCUT2D eigenvalue weighted by atomic mass is 35.5. The molecule has 0 saturated carbocycles. The first-order chi connectivity index (χ1) is 8.00. The molecule has 1 heterocycles. The fraction of sp³-hybridized carbons (Fsp3) is 0.0833. The van der Waals surface area contributed by atoms with Gasteiger partial charge in [-0.05, 0) is 24.3 Å². The second kappa shape index (κ2) is 4.43. The summed E-state index contributed by atoms with van der Waals surface area (Å²) in [5.74, 6) is -1.13. The Balaban J connectivity index is 2.61. The number of aryl methyl sites for hydroxylation is 1. The van der Waals surface area contributed by atoms with Crippen LogP contribution in [0.15, 0.2) is 30.5 Å². The number of aromatic nitrogens is 1. The van der Waals surface area contributed by atoms with Gasteiger partial charge in [-0.1, -0.05) is 23.2 Å². The van der Waals surface area contributed by atoms with Crippen LogP contribution >= 0.6 is 23.2 Å². The lowest BCUT2D eigenvalue weighted by molar-refractivity contribution is 0.0697. The van der Waals surface area contributed by atoms with Gasteiger partial charge in [0.05, 0.1) is 15.6 Å². The number of aromatic carboxylic acids is 1. The van der Waals surface area contributed by atoms with Crippen LogP contribution in [0.4, 0.5) is 0 Å². The Hall–Kier alpha value is -1.45. The van der Waals surface area contributed by atoms with Gasteiger partial charge in [0.1, 0.15) is 0 Å². The third kappa shape index (κ3) is 2.16. The molecule has 0 aliphatic rings. The first-order valence-electron chi connectivity index (χ1n) is 4.84. The first kappa shape index (κ1) is 12.0. The first-order valence-corrected chi connectivity index (χ1v) is 5.60. The summed E-state index contributed by atoms with van der Waals surface area (Å²) in [6, 6.07) is 7.00. The number of carbonyl (C=O) groups is 1. The Bertz CT molecular complexity index is 567. The van der Waals surface area contributed by atoms with Crippen LogP contribution in [-0.4, -0.2) is 15.6 Å². The van der Waals surface area contributed by atoms with Gasteiger partial charge in [0.2, 0.25) is 0 Å². The molecule has 5 heteroatoms. The molecule has 0 spiro atoms. The topological polar surface area (TPSA) is 42.2 Å². The van der Waals surface area contributed by atoms with Crippen LogP contribution < -0.4 is 0 Å². The molecule has 1 aromatic carbocycles. The average molecular weight is 270 g/mol. The van der Waals surface area contributed by atoms with Crippen LogP contribution in [0.25, 0.3) is 11.3 Å². The van der Waals surface area contributed by atoms with Crippen molar-refractivity contribution in [3.63, 3.8) is 0 Å². The number of halogens is 2. The molecular weight excluding hydrogens is 261 g/mol. The Labute approximate surface area is 108 Å². The van der Waals surface area contributed by atoms with Crippen molar-refractivity contribution in [2.24, 2.45) is 7.05 Å². The molecule has 0 aliphatic heterocycles. The van der Waals surface area contributed by atoms with Gasteiger partial charge in [0, 0.05) is 24.5 Å². The fourth-order valence-corrected chi connectivity index (χ4v) is 2.34. The zero-order valence-electron chi connectivity index (χ0n) is 8.95. The van der Waals surface area contributed by atoms with Gasteiger partial charge in [0.15, 0.2) is 0 Å². The van der Waals surface area contributed by atoms with Gasteiger partial charge >= 0.3 is 5.97 Å². The van der Waals surface area contributed by atoms with Crippen LogP contribution in [-0.2, 0) is 7.05 Å². The molecule has 2 rings (SSSR count). The van der Waals surface area contributed by atoms with E-state index in [4.69, 9.17) is 28.3 Å². The minimum absolute atomic E-state index is 0.0636. The van der Waals surface area contributed by atoms with Crippen molar-refractivity contribution in [2.75, 3.05) is 0 Å². The van der Waals surface area contributed by atoms with Crippen molar-refractivity contribution in [1.29, 1.82) is 0 Å². The smallest absolute Gasteiger partial charge is 0.338 e. The van der Waals surface area contributed by atoms with Gasteiger partial charge in [-0.2, -0.15) is 0 Å². The molecule has 1 aromatic heterocycles. The molecule has 0 saturated heterocycles. The van der Waals surface area contributed by atoms with Crippen molar-refractivity contribution in [3.8, 4) is 11.3 Å². The number of hydrogen-bond donors (Lipinski definition) is 1. The van der Waals surface area contributed by atoms with Gasteiger partial charge in [0.25, 0.3) is 0 Å². The molecular formula is C12H9Cl2NO2. The number of benzene rings is 1. The Morgan fingerprint density at radius 1 is 1.29 bits per heavy atom. The largest absolute Gasteiger partial charge is 0.478 e. The summed E-state index contributed by atoms with van der Waals surface area (Å²) in [6.45, 7) is 0. The monoisotopic (exact) mass is 269 g/mol. The summed E-state index contributed by atoms with van der Waals surface area (Å²) >= 11 is 11.8. The molecule has 0 amide bonds. The summed E-state index contributed by atoms with van der Waals surface area (Å²) in [4.78, 5) is 10.9. The summed E-state index contributed by atoms with van der Waals surface area (Å²) < 4.78 is 1.91. The minimum Gasteiger partial charge on any atom is -0.478 e. The van der Waals surface area contributed by atoms with Crippen molar-refractivity contribution in [2.45, 2.75) is 0 Å². The maximum atomic E-state index is 10.9. The highest BCUT2D eigenvalue weighted by molar-refractivity contribution is 6.39. The van der Waals surface area contributed by atoms with Crippen molar-refractivity contribution in [3.05, 3.63) is 46.1 Å². The van der Waals surface area contributed by atoms with E-state index in [1.807, 2.05) is 29.9 Å². The Kier molecular flexibility index (Phi) is 3.13. The standard InChI is InChI=1S/C12H9Cl2NO2/c1-15-4-2-3-10(15)7-5-8(13)11(12(16)17)9(14)6-7/h2-6H,1H3,(H,16,17). The number of rotatable bonds is 2.